The molecule has 1 aromatic rings. The van der Waals surface area contributed by atoms with Crippen LogP contribution in [-0.2, 0) is 11.2 Å². The Morgan fingerprint density at radius 2 is 2.22 bits per heavy atom. The van der Waals surface area contributed by atoms with Gasteiger partial charge in [0, 0.05) is 52.8 Å². The van der Waals surface area contributed by atoms with Gasteiger partial charge in [-0.15, -0.1) is 0 Å². The maximum absolute atomic E-state index is 5.43. The van der Waals surface area contributed by atoms with Crippen LogP contribution in [-0.4, -0.2) is 56.2 Å². The summed E-state index contributed by atoms with van der Waals surface area (Å²) in [5, 5.41) is 3.46. The van der Waals surface area contributed by atoms with Gasteiger partial charge < -0.3 is 15.0 Å². The normalized spacial score (nSPS) is 16.4. The first kappa shape index (κ1) is 17.7. The Labute approximate surface area is 140 Å². The van der Waals surface area contributed by atoms with Crippen LogP contribution in [0, 0.1) is 12.8 Å². The fraction of sp³-hybridized carbons (Fsp3) is 0.667. The summed E-state index contributed by atoms with van der Waals surface area (Å²) >= 11 is 0. The van der Waals surface area contributed by atoms with Crippen molar-refractivity contribution < 1.29 is 4.74 Å². The molecule has 2 rings (SSSR count). The van der Waals surface area contributed by atoms with Gasteiger partial charge in [-0.25, -0.2) is 0 Å². The number of hydrogen-bond acceptors (Lipinski definition) is 3. The monoisotopic (exact) mass is 318 g/mol. The maximum Gasteiger partial charge on any atom is 0.193 e. The zero-order chi connectivity index (χ0) is 16.5. The Morgan fingerprint density at radius 1 is 1.43 bits per heavy atom. The van der Waals surface area contributed by atoms with Crippen LogP contribution in [0.4, 0.5) is 0 Å². The second kappa shape index (κ2) is 9.50. The Kier molecular flexibility index (Phi) is 7.33. The van der Waals surface area contributed by atoms with Gasteiger partial charge in [0.25, 0.3) is 0 Å². The molecule has 0 unspecified atom stereocenters. The number of pyridine rings is 1. The number of rotatable bonds is 6. The van der Waals surface area contributed by atoms with Crippen molar-refractivity contribution in [2.24, 2.45) is 10.9 Å². The van der Waals surface area contributed by atoms with E-state index >= 15 is 0 Å². The Hall–Kier alpha value is -1.62. The molecule has 0 bridgehead atoms. The van der Waals surface area contributed by atoms with E-state index in [1.807, 2.05) is 19.4 Å². The average Bonchev–Trinajstić information content (AvgIpc) is 2.59. The van der Waals surface area contributed by atoms with Crippen molar-refractivity contribution >= 4 is 5.96 Å². The Morgan fingerprint density at radius 3 is 2.91 bits per heavy atom. The summed E-state index contributed by atoms with van der Waals surface area (Å²) in [5.74, 6) is 1.77. The molecular weight excluding hydrogens is 288 g/mol. The van der Waals surface area contributed by atoms with Crippen molar-refractivity contribution in [2.75, 3.05) is 40.4 Å². The fourth-order valence-electron chi connectivity index (χ4n) is 2.99. The zero-order valence-electron chi connectivity index (χ0n) is 14.7. The lowest BCUT2D eigenvalue weighted by Gasteiger charge is -2.26. The smallest absolute Gasteiger partial charge is 0.193 e. The summed E-state index contributed by atoms with van der Waals surface area (Å²) in [6, 6.07) is 2.09. The first-order valence-electron chi connectivity index (χ1n) is 8.59. The molecule has 1 fully saturated rings. The van der Waals surface area contributed by atoms with Gasteiger partial charge in [0.1, 0.15) is 0 Å². The van der Waals surface area contributed by atoms with Gasteiger partial charge in [-0.05, 0) is 55.7 Å². The minimum atomic E-state index is 0.795. The van der Waals surface area contributed by atoms with Gasteiger partial charge in [-0.1, -0.05) is 0 Å². The molecule has 0 radical (unpaired) electrons. The lowest BCUT2D eigenvalue weighted by atomic mass is 9.96. The van der Waals surface area contributed by atoms with E-state index in [2.05, 4.69) is 40.2 Å². The van der Waals surface area contributed by atoms with Crippen molar-refractivity contribution in [3.63, 3.8) is 0 Å². The van der Waals surface area contributed by atoms with Crippen LogP contribution in [0.5, 0.6) is 0 Å². The third-order valence-electron chi connectivity index (χ3n) is 4.60. The maximum atomic E-state index is 5.43. The second-order valence-electron chi connectivity index (χ2n) is 6.29. The number of ether oxygens (including phenoxy) is 1. The summed E-state index contributed by atoms with van der Waals surface area (Å²) in [7, 11) is 3.97. The van der Waals surface area contributed by atoms with E-state index in [1.54, 1.807) is 0 Å². The molecule has 1 aliphatic heterocycles. The largest absolute Gasteiger partial charge is 0.381 e. The Bertz CT molecular complexity index is 498. The van der Waals surface area contributed by atoms with Crippen LogP contribution in [0.2, 0.25) is 0 Å². The third-order valence-corrected chi connectivity index (χ3v) is 4.60. The number of guanidine groups is 1. The molecule has 1 aliphatic rings. The molecule has 0 aliphatic carbocycles. The van der Waals surface area contributed by atoms with E-state index in [4.69, 9.17) is 4.74 Å². The summed E-state index contributed by atoms with van der Waals surface area (Å²) in [4.78, 5) is 10.8. The van der Waals surface area contributed by atoms with Crippen molar-refractivity contribution in [1.29, 1.82) is 0 Å². The van der Waals surface area contributed by atoms with Crippen molar-refractivity contribution in [2.45, 2.75) is 32.6 Å². The molecule has 5 nitrogen and oxygen atoms in total. The highest BCUT2D eigenvalue weighted by molar-refractivity contribution is 5.79. The van der Waals surface area contributed by atoms with E-state index in [1.165, 1.54) is 30.4 Å². The van der Waals surface area contributed by atoms with E-state index in [0.29, 0.717) is 0 Å². The topological polar surface area (TPSA) is 49.8 Å². The van der Waals surface area contributed by atoms with Gasteiger partial charge >= 0.3 is 0 Å². The zero-order valence-corrected chi connectivity index (χ0v) is 14.7. The van der Waals surface area contributed by atoms with Crippen LogP contribution in [0.15, 0.2) is 23.5 Å². The van der Waals surface area contributed by atoms with Gasteiger partial charge in [0.2, 0.25) is 0 Å². The molecule has 0 aromatic carbocycles. The van der Waals surface area contributed by atoms with Crippen molar-refractivity contribution in [1.82, 2.24) is 15.2 Å². The van der Waals surface area contributed by atoms with E-state index in [-0.39, 0.29) is 0 Å². The molecule has 2 heterocycles. The third kappa shape index (κ3) is 5.82. The number of nitrogens with one attached hydrogen (secondary N) is 1. The van der Waals surface area contributed by atoms with Gasteiger partial charge in [0.05, 0.1) is 0 Å². The highest BCUT2D eigenvalue weighted by atomic mass is 16.5. The Balaban J connectivity index is 1.72. The van der Waals surface area contributed by atoms with Gasteiger partial charge in [-0.3, -0.25) is 9.98 Å². The standard InChI is InChI=1S/C18H30N4O/c1-15-14-20-9-4-17(15)5-10-21-18(19-2)22(3)11-6-16-7-12-23-13-8-16/h4,9,14,16H,5-8,10-13H2,1-3H3,(H,19,21). The SMILES string of the molecule is CN=C(NCCc1ccncc1C)N(C)CCC1CCOCC1. The molecular formula is C18H30N4O. The summed E-state index contributed by atoms with van der Waals surface area (Å²) in [5.41, 5.74) is 2.59. The van der Waals surface area contributed by atoms with E-state index in [9.17, 15) is 0 Å². The molecule has 5 heteroatoms. The van der Waals surface area contributed by atoms with Gasteiger partial charge in [0.15, 0.2) is 5.96 Å². The molecule has 1 aromatic heterocycles. The minimum Gasteiger partial charge on any atom is -0.381 e. The summed E-state index contributed by atoms with van der Waals surface area (Å²) < 4.78 is 5.43. The quantitative estimate of drug-likeness (QED) is 0.646. The van der Waals surface area contributed by atoms with Gasteiger partial charge in [-0.2, -0.15) is 0 Å². The average molecular weight is 318 g/mol. The van der Waals surface area contributed by atoms with E-state index in [0.717, 1.165) is 44.6 Å². The predicted molar refractivity (Wildman–Crippen MR) is 94.8 cm³/mol. The van der Waals surface area contributed by atoms with Crippen LogP contribution >= 0.6 is 0 Å². The fourth-order valence-corrected chi connectivity index (χ4v) is 2.99. The molecule has 1 saturated heterocycles. The van der Waals surface area contributed by atoms with Crippen molar-refractivity contribution in [3.05, 3.63) is 29.6 Å². The molecule has 23 heavy (non-hydrogen) atoms. The highest BCUT2D eigenvalue weighted by Gasteiger charge is 2.15. The van der Waals surface area contributed by atoms with Crippen LogP contribution < -0.4 is 5.32 Å². The lowest BCUT2D eigenvalue weighted by molar-refractivity contribution is 0.0625. The number of nitrogens with zero attached hydrogens (tertiary/aromatic N) is 3. The summed E-state index contributed by atoms with van der Waals surface area (Å²) in [6.07, 6.45) is 8.37. The highest BCUT2D eigenvalue weighted by Crippen LogP contribution is 2.18. The predicted octanol–water partition coefficient (Wildman–Crippen LogP) is 2.26. The lowest BCUT2D eigenvalue weighted by Crippen LogP contribution is -2.40. The summed E-state index contributed by atoms with van der Waals surface area (Å²) in [6.45, 7) is 5.88. The molecule has 0 saturated carbocycles. The second-order valence-corrected chi connectivity index (χ2v) is 6.29. The first-order valence-corrected chi connectivity index (χ1v) is 8.59. The number of aliphatic imine (C=N–C) groups is 1. The van der Waals surface area contributed by atoms with E-state index < -0.39 is 0 Å². The first-order chi connectivity index (χ1) is 11.2. The molecule has 1 N–H and O–H groups in total. The minimum absolute atomic E-state index is 0.795. The van der Waals surface area contributed by atoms with Crippen molar-refractivity contribution in [3.8, 4) is 0 Å². The van der Waals surface area contributed by atoms with Crippen LogP contribution in [0.25, 0.3) is 0 Å². The van der Waals surface area contributed by atoms with Crippen LogP contribution in [0.3, 0.4) is 0 Å². The molecule has 0 amide bonds. The van der Waals surface area contributed by atoms with Crippen LogP contribution in [0.1, 0.15) is 30.4 Å². The number of aromatic nitrogens is 1. The molecule has 128 valence electrons. The number of aryl methyl sites for hydroxylation is 1. The number of hydrogen-bond donors (Lipinski definition) is 1. The molecule has 0 spiro atoms. The molecule has 0 atom stereocenters.